The summed E-state index contributed by atoms with van der Waals surface area (Å²) in [6.45, 7) is 3.89. The second-order valence-corrected chi connectivity index (χ2v) is 6.22. The minimum Gasteiger partial charge on any atom is -0.481 e. The molecule has 1 N–H and O–H groups in total. The minimum absolute atomic E-state index is 0.0992. The number of carbonyl (C=O) groups is 2. The summed E-state index contributed by atoms with van der Waals surface area (Å²) in [6.07, 6.45) is 1.90. The lowest BCUT2D eigenvalue weighted by atomic mass is 9.67. The number of carbonyl (C=O) groups excluding carboxylic acids is 1. The van der Waals surface area contributed by atoms with Gasteiger partial charge in [-0.05, 0) is 24.2 Å². The van der Waals surface area contributed by atoms with Gasteiger partial charge in [-0.1, -0.05) is 29.8 Å². The van der Waals surface area contributed by atoms with Crippen LogP contribution in [0.4, 0.5) is 0 Å². The van der Waals surface area contributed by atoms with Crippen LogP contribution in [0.3, 0.4) is 0 Å². The molecule has 2 bridgehead atoms. The molecule has 0 unspecified atom stereocenters. The van der Waals surface area contributed by atoms with E-state index in [-0.39, 0.29) is 28.4 Å². The highest BCUT2D eigenvalue weighted by Crippen LogP contribution is 2.66. The molecule has 0 aromatic carbocycles. The van der Waals surface area contributed by atoms with Crippen LogP contribution in [0.1, 0.15) is 33.1 Å². The van der Waals surface area contributed by atoms with Crippen LogP contribution >= 0.6 is 15.9 Å². The van der Waals surface area contributed by atoms with Crippen LogP contribution in [-0.4, -0.2) is 21.7 Å². The zero-order chi connectivity index (χ0) is 11.4. The number of hydrogen-bond acceptors (Lipinski definition) is 2. The van der Waals surface area contributed by atoms with Gasteiger partial charge in [-0.25, -0.2) is 0 Å². The number of Topliss-reactive ketones (excluding diaryl/α,β-unsaturated/α-hetero) is 1. The average Bonchev–Trinajstić information content (AvgIpc) is 2.42. The van der Waals surface area contributed by atoms with Gasteiger partial charge in [-0.2, -0.15) is 0 Å². The Hall–Kier alpha value is -0.380. The van der Waals surface area contributed by atoms with E-state index in [0.717, 1.165) is 12.8 Å². The number of rotatable bonds is 2. The highest BCUT2D eigenvalue weighted by atomic mass is 79.9. The number of aliphatic carboxylic acids is 1. The molecule has 4 heteroatoms. The molecule has 0 radical (unpaired) electrons. The van der Waals surface area contributed by atoms with Gasteiger partial charge in [0.05, 0.1) is 11.2 Å². The summed E-state index contributed by atoms with van der Waals surface area (Å²) in [4.78, 5) is 22.8. The van der Waals surface area contributed by atoms with E-state index < -0.39 is 11.4 Å². The molecular weight excluding hydrogens is 260 g/mol. The van der Waals surface area contributed by atoms with E-state index in [0.29, 0.717) is 0 Å². The minimum atomic E-state index is -0.801. The molecule has 0 saturated heterocycles. The van der Waals surface area contributed by atoms with Crippen LogP contribution in [0, 0.1) is 16.7 Å². The summed E-state index contributed by atoms with van der Waals surface area (Å²) < 4.78 is 0. The molecule has 2 fully saturated rings. The molecule has 2 saturated carbocycles. The fourth-order valence-corrected chi connectivity index (χ4v) is 4.81. The molecule has 2 aliphatic rings. The Kier molecular flexibility index (Phi) is 2.27. The Morgan fingerprint density at radius 2 is 2.20 bits per heavy atom. The summed E-state index contributed by atoms with van der Waals surface area (Å²) in [6, 6.07) is 0. The molecule has 0 amide bonds. The maximum Gasteiger partial charge on any atom is 0.303 e. The fourth-order valence-electron chi connectivity index (χ4n) is 3.46. The Bertz CT molecular complexity index is 341. The maximum absolute atomic E-state index is 12.0. The number of carboxylic acids is 1. The van der Waals surface area contributed by atoms with E-state index in [1.54, 1.807) is 0 Å². The second-order valence-electron chi connectivity index (χ2n) is 5.23. The third-order valence-electron chi connectivity index (χ3n) is 4.70. The summed E-state index contributed by atoms with van der Waals surface area (Å²) in [7, 11) is 0. The van der Waals surface area contributed by atoms with Gasteiger partial charge < -0.3 is 5.11 Å². The molecular formula is C11H15BrO3. The Morgan fingerprint density at radius 1 is 1.60 bits per heavy atom. The summed E-state index contributed by atoms with van der Waals surface area (Å²) in [5.74, 6) is -0.418. The SMILES string of the molecule is C[C@@]12CC[C@@H]([C@H](Br)C1=O)[C@@]2(C)CC(=O)O. The molecule has 2 rings (SSSR count). The predicted molar refractivity (Wildman–Crippen MR) is 58.9 cm³/mol. The standard InChI is InChI=1S/C11H15BrO3/c1-10-4-3-6(8(12)9(10)15)11(10,2)5-7(13)14/h6,8H,3-5H2,1-2H3,(H,13,14)/t6-,8-,10+,11+/m0/s1. The number of halogens is 1. The third-order valence-corrected chi connectivity index (χ3v) is 5.75. The van der Waals surface area contributed by atoms with Gasteiger partial charge in [-0.15, -0.1) is 0 Å². The van der Waals surface area contributed by atoms with E-state index in [1.807, 2.05) is 13.8 Å². The van der Waals surface area contributed by atoms with Crippen LogP contribution in [0.5, 0.6) is 0 Å². The Morgan fingerprint density at radius 3 is 2.60 bits per heavy atom. The smallest absolute Gasteiger partial charge is 0.303 e. The number of alkyl halides is 1. The third kappa shape index (κ3) is 1.17. The average molecular weight is 275 g/mol. The van der Waals surface area contributed by atoms with Crippen molar-refractivity contribution in [3.8, 4) is 0 Å². The molecule has 0 aromatic rings. The van der Waals surface area contributed by atoms with Crippen molar-refractivity contribution in [2.24, 2.45) is 16.7 Å². The van der Waals surface area contributed by atoms with Gasteiger partial charge in [0.1, 0.15) is 0 Å². The van der Waals surface area contributed by atoms with Crippen LogP contribution in [0.25, 0.3) is 0 Å². The topological polar surface area (TPSA) is 54.4 Å². The fraction of sp³-hybridized carbons (Fsp3) is 0.818. The van der Waals surface area contributed by atoms with E-state index in [2.05, 4.69) is 15.9 Å². The first-order chi connectivity index (χ1) is 6.83. The van der Waals surface area contributed by atoms with Crippen molar-refractivity contribution in [2.45, 2.75) is 37.9 Å². The molecule has 0 heterocycles. The number of fused-ring (bicyclic) bond motifs is 2. The van der Waals surface area contributed by atoms with Gasteiger partial charge >= 0.3 is 5.97 Å². The first kappa shape index (κ1) is 11.1. The lowest BCUT2D eigenvalue weighted by Crippen LogP contribution is -2.37. The first-order valence-electron chi connectivity index (χ1n) is 5.23. The van der Waals surface area contributed by atoms with Gasteiger partial charge in [0.15, 0.2) is 5.78 Å². The van der Waals surface area contributed by atoms with Crippen molar-refractivity contribution in [3.63, 3.8) is 0 Å². The Balaban J connectivity index is 2.42. The van der Waals surface area contributed by atoms with Crippen molar-refractivity contribution >= 4 is 27.7 Å². The quantitative estimate of drug-likeness (QED) is 0.786. The molecule has 2 aliphatic carbocycles. The molecule has 4 atom stereocenters. The van der Waals surface area contributed by atoms with Gasteiger partial charge in [0.25, 0.3) is 0 Å². The summed E-state index contributed by atoms with van der Waals surface area (Å²) in [5, 5.41) is 8.96. The lowest BCUT2D eigenvalue weighted by molar-refractivity contribution is -0.142. The predicted octanol–water partition coefficient (Wildman–Crippen LogP) is 2.23. The van der Waals surface area contributed by atoms with Gasteiger partial charge in [0.2, 0.25) is 0 Å². The van der Waals surface area contributed by atoms with Crippen molar-refractivity contribution in [2.75, 3.05) is 0 Å². The number of hydrogen-bond donors (Lipinski definition) is 1. The first-order valence-corrected chi connectivity index (χ1v) is 6.15. The Labute approximate surface area is 97.4 Å². The van der Waals surface area contributed by atoms with E-state index in [9.17, 15) is 9.59 Å². The zero-order valence-electron chi connectivity index (χ0n) is 8.92. The van der Waals surface area contributed by atoms with Crippen LogP contribution in [0.2, 0.25) is 0 Å². The zero-order valence-corrected chi connectivity index (χ0v) is 10.5. The monoisotopic (exact) mass is 274 g/mol. The van der Waals surface area contributed by atoms with Crippen molar-refractivity contribution in [1.82, 2.24) is 0 Å². The van der Waals surface area contributed by atoms with E-state index in [4.69, 9.17) is 5.11 Å². The molecule has 84 valence electrons. The largest absolute Gasteiger partial charge is 0.481 e. The van der Waals surface area contributed by atoms with Crippen LogP contribution in [0.15, 0.2) is 0 Å². The number of ketones is 1. The van der Waals surface area contributed by atoms with Gasteiger partial charge in [-0.3, -0.25) is 9.59 Å². The van der Waals surface area contributed by atoms with Gasteiger partial charge in [0, 0.05) is 5.41 Å². The van der Waals surface area contributed by atoms with Crippen molar-refractivity contribution in [3.05, 3.63) is 0 Å². The normalized spacial score (nSPS) is 48.6. The van der Waals surface area contributed by atoms with Crippen LogP contribution < -0.4 is 0 Å². The van der Waals surface area contributed by atoms with E-state index in [1.165, 1.54) is 0 Å². The van der Waals surface area contributed by atoms with Crippen LogP contribution in [-0.2, 0) is 9.59 Å². The molecule has 3 nitrogen and oxygen atoms in total. The van der Waals surface area contributed by atoms with Crippen molar-refractivity contribution < 1.29 is 14.7 Å². The molecule has 0 aromatic heterocycles. The lowest BCUT2D eigenvalue weighted by Gasteiger charge is -2.34. The number of carboxylic acid groups (broad SMARTS) is 1. The second kappa shape index (κ2) is 3.06. The maximum atomic E-state index is 12.0. The van der Waals surface area contributed by atoms with Crippen molar-refractivity contribution in [1.29, 1.82) is 0 Å². The summed E-state index contributed by atoms with van der Waals surface area (Å²) in [5.41, 5.74) is -0.811. The molecule has 0 aliphatic heterocycles. The highest BCUT2D eigenvalue weighted by Gasteiger charge is 2.68. The summed E-state index contributed by atoms with van der Waals surface area (Å²) >= 11 is 3.42. The molecule has 0 spiro atoms. The highest BCUT2D eigenvalue weighted by molar-refractivity contribution is 9.10. The van der Waals surface area contributed by atoms with E-state index >= 15 is 0 Å². The molecule has 15 heavy (non-hydrogen) atoms.